The van der Waals surface area contributed by atoms with Crippen LogP contribution in [0, 0.1) is 0 Å². The lowest BCUT2D eigenvalue weighted by atomic mass is 10.1. The van der Waals surface area contributed by atoms with Gasteiger partial charge in [0.05, 0.1) is 12.6 Å². The number of carbonyl (C=O) groups is 1. The maximum absolute atomic E-state index is 12.1. The molecule has 0 saturated carbocycles. The van der Waals surface area contributed by atoms with E-state index in [2.05, 4.69) is 15.3 Å². The summed E-state index contributed by atoms with van der Waals surface area (Å²) in [4.78, 5) is 19.4. The molecule has 1 atom stereocenters. The number of fused-ring (bicyclic) bond motifs is 1. The molecule has 128 valence electrons. The first-order valence-corrected chi connectivity index (χ1v) is 7.95. The minimum Gasteiger partial charge on any atom is -0.508 e. The topological polar surface area (TPSA) is 98.2 Å². The Kier molecular flexibility index (Phi) is 5.11. The predicted molar refractivity (Wildman–Crippen MR) is 96.0 cm³/mol. The molecule has 2 aromatic heterocycles. The van der Waals surface area contributed by atoms with E-state index in [9.17, 15) is 15.0 Å². The first-order valence-electron chi connectivity index (χ1n) is 7.95. The lowest BCUT2D eigenvalue weighted by Crippen LogP contribution is -2.38. The van der Waals surface area contributed by atoms with E-state index in [-0.39, 0.29) is 18.3 Å². The zero-order valence-electron chi connectivity index (χ0n) is 13.5. The van der Waals surface area contributed by atoms with Gasteiger partial charge in [-0.3, -0.25) is 4.79 Å². The van der Waals surface area contributed by atoms with E-state index in [1.807, 2.05) is 12.1 Å². The maximum Gasteiger partial charge on any atom is 0.244 e. The van der Waals surface area contributed by atoms with Crippen LogP contribution in [-0.2, 0) is 11.2 Å². The molecular formula is C19H19N3O3. The number of aromatic hydroxyl groups is 1. The summed E-state index contributed by atoms with van der Waals surface area (Å²) in [6, 6.07) is 10.0. The highest BCUT2D eigenvalue weighted by Gasteiger charge is 2.11. The van der Waals surface area contributed by atoms with Gasteiger partial charge in [0.25, 0.3) is 0 Å². The summed E-state index contributed by atoms with van der Waals surface area (Å²) in [5.74, 6) is -0.0944. The van der Waals surface area contributed by atoms with E-state index < -0.39 is 6.04 Å². The number of pyridine rings is 1. The number of H-pyrrole nitrogens is 1. The average Bonchev–Trinajstić information content (AvgIpc) is 3.10. The Balaban J connectivity index is 1.64. The molecule has 3 rings (SSSR count). The Morgan fingerprint density at radius 1 is 1.24 bits per heavy atom. The van der Waals surface area contributed by atoms with Gasteiger partial charge in [-0.15, -0.1) is 0 Å². The third kappa shape index (κ3) is 4.24. The normalized spacial score (nSPS) is 12.5. The highest BCUT2D eigenvalue weighted by Crippen LogP contribution is 2.16. The molecule has 2 heterocycles. The van der Waals surface area contributed by atoms with Crippen molar-refractivity contribution in [1.82, 2.24) is 15.3 Å². The van der Waals surface area contributed by atoms with Gasteiger partial charge < -0.3 is 20.5 Å². The molecule has 3 aromatic rings. The molecule has 0 radical (unpaired) electrons. The molecule has 4 N–H and O–H groups in total. The summed E-state index contributed by atoms with van der Waals surface area (Å²) < 4.78 is 0. The number of amides is 1. The number of aromatic amines is 1. The molecule has 1 aromatic carbocycles. The molecule has 0 fully saturated rings. The number of carbonyl (C=O) groups excluding carboxylic acids is 1. The standard InChI is InChI=1S/C19H19N3O3/c23-12-15(11-13-1-4-16(24)5-2-13)22-18(25)6-3-14-7-9-20-19-17(14)8-10-21-19/h1-10,15,23-24H,11-12H2,(H,20,21)(H,22,25)/t15-/m0/s1. The van der Waals surface area contributed by atoms with Crippen LogP contribution in [-0.4, -0.2) is 38.7 Å². The molecule has 0 unspecified atom stereocenters. The van der Waals surface area contributed by atoms with Crippen LogP contribution in [0.5, 0.6) is 5.75 Å². The third-order valence-corrected chi connectivity index (χ3v) is 3.89. The highest BCUT2D eigenvalue weighted by molar-refractivity contribution is 5.95. The van der Waals surface area contributed by atoms with Crippen LogP contribution >= 0.6 is 0 Å². The molecule has 6 nitrogen and oxygen atoms in total. The zero-order valence-corrected chi connectivity index (χ0v) is 13.5. The summed E-state index contributed by atoms with van der Waals surface area (Å²) >= 11 is 0. The number of rotatable bonds is 6. The molecule has 0 saturated heterocycles. The van der Waals surface area contributed by atoms with Crippen LogP contribution in [0.2, 0.25) is 0 Å². The van der Waals surface area contributed by atoms with Gasteiger partial charge in [0, 0.05) is 23.9 Å². The lowest BCUT2D eigenvalue weighted by Gasteiger charge is -2.15. The van der Waals surface area contributed by atoms with Gasteiger partial charge >= 0.3 is 0 Å². The third-order valence-electron chi connectivity index (χ3n) is 3.89. The Labute approximate surface area is 144 Å². The number of aliphatic hydroxyl groups is 1. The Morgan fingerprint density at radius 3 is 2.80 bits per heavy atom. The van der Waals surface area contributed by atoms with Gasteiger partial charge in [0.1, 0.15) is 11.4 Å². The number of phenols is 1. The summed E-state index contributed by atoms with van der Waals surface area (Å²) in [7, 11) is 0. The number of nitrogens with one attached hydrogen (secondary N) is 2. The number of hydrogen-bond donors (Lipinski definition) is 4. The molecule has 0 aliphatic heterocycles. The largest absolute Gasteiger partial charge is 0.508 e. The fourth-order valence-electron chi connectivity index (χ4n) is 2.62. The molecule has 0 bridgehead atoms. The number of aromatic nitrogens is 2. The van der Waals surface area contributed by atoms with Crippen molar-refractivity contribution in [2.45, 2.75) is 12.5 Å². The second kappa shape index (κ2) is 7.63. The van der Waals surface area contributed by atoms with Gasteiger partial charge in [-0.2, -0.15) is 0 Å². The molecule has 0 aliphatic carbocycles. The average molecular weight is 337 g/mol. The molecule has 1 amide bonds. The Bertz CT molecular complexity index is 884. The van der Waals surface area contributed by atoms with Crippen molar-refractivity contribution < 1.29 is 15.0 Å². The van der Waals surface area contributed by atoms with Crippen LogP contribution in [0.1, 0.15) is 11.1 Å². The fraction of sp³-hybridized carbons (Fsp3) is 0.158. The first kappa shape index (κ1) is 16.7. The van der Waals surface area contributed by atoms with Gasteiger partial charge in [0.2, 0.25) is 5.91 Å². The number of aliphatic hydroxyl groups excluding tert-OH is 1. The molecule has 6 heteroatoms. The van der Waals surface area contributed by atoms with E-state index in [0.29, 0.717) is 6.42 Å². The van der Waals surface area contributed by atoms with Crippen molar-refractivity contribution in [2.24, 2.45) is 0 Å². The van der Waals surface area contributed by atoms with E-state index in [1.54, 1.807) is 42.7 Å². The minimum atomic E-state index is -0.397. The van der Waals surface area contributed by atoms with Crippen LogP contribution < -0.4 is 5.32 Å². The SMILES string of the molecule is O=C(C=Cc1ccnc2[nH]ccc12)N[C@H](CO)Cc1ccc(O)cc1. The summed E-state index contributed by atoms with van der Waals surface area (Å²) in [5, 5.41) is 22.5. The summed E-state index contributed by atoms with van der Waals surface area (Å²) in [6.45, 7) is -0.169. The molecule has 0 spiro atoms. The van der Waals surface area contributed by atoms with Crippen molar-refractivity contribution in [3.63, 3.8) is 0 Å². The van der Waals surface area contributed by atoms with Crippen molar-refractivity contribution in [3.8, 4) is 5.75 Å². The second-order valence-corrected chi connectivity index (χ2v) is 5.73. The Morgan fingerprint density at radius 2 is 2.04 bits per heavy atom. The second-order valence-electron chi connectivity index (χ2n) is 5.73. The van der Waals surface area contributed by atoms with E-state index in [0.717, 1.165) is 22.2 Å². The van der Waals surface area contributed by atoms with Gasteiger partial charge in [-0.05, 0) is 47.9 Å². The van der Waals surface area contributed by atoms with Gasteiger partial charge in [0.15, 0.2) is 0 Å². The van der Waals surface area contributed by atoms with Crippen LogP contribution in [0.15, 0.2) is 54.9 Å². The molecule has 0 aliphatic rings. The number of hydrogen-bond acceptors (Lipinski definition) is 4. The fourth-order valence-corrected chi connectivity index (χ4v) is 2.62. The van der Waals surface area contributed by atoms with Crippen molar-refractivity contribution in [2.75, 3.05) is 6.61 Å². The summed E-state index contributed by atoms with van der Waals surface area (Å²) in [6.07, 6.45) is 7.13. The Hall–Kier alpha value is -3.12. The monoisotopic (exact) mass is 337 g/mol. The predicted octanol–water partition coefficient (Wildman–Crippen LogP) is 2.00. The van der Waals surface area contributed by atoms with Crippen molar-refractivity contribution in [3.05, 3.63) is 66.0 Å². The number of benzene rings is 1. The number of phenolic OH excluding ortho intramolecular Hbond substituents is 1. The lowest BCUT2D eigenvalue weighted by molar-refractivity contribution is -0.117. The zero-order chi connectivity index (χ0) is 17.6. The van der Waals surface area contributed by atoms with Crippen molar-refractivity contribution >= 4 is 23.0 Å². The van der Waals surface area contributed by atoms with Gasteiger partial charge in [-0.25, -0.2) is 4.98 Å². The summed E-state index contributed by atoms with van der Waals surface area (Å²) in [5.41, 5.74) is 2.58. The number of nitrogens with zero attached hydrogens (tertiary/aromatic N) is 1. The molecular weight excluding hydrogens is 318 g/mol. The smallest absolute Gasteiger partial charge is 0.244 e. The van der Waals surface area contributed by atoms with Crippen molar-refractivity contribution in [1.29, 1.82) is 0 Å². The van der Waals surface area contributed by atoms with Crippen LogP contribution in [0.4, 0.5) is 0 Å². The highest BCUT2D eigenvalue weighted by atomic mass is 16.3. The molecule has 25 heavy (non-hydrogen) atoms. The maximum atomic E-state index is 12.1. The van der Waals surface area contributed by atoms with Crippen LogP contribution in [0.3, 0.4) is 0 Å². The van der Waals surface area contributed by atoms with E-state index in [4.69, 9.17) is 0 Å². The van der Waals surface area contributed by atoms with Crippen LogP contribution in [0.25, 0.3) is 17.1 Å². The minimum absolute atomic E-state index is 0.169. The quantitative estimate of drug-likeness (QED) is 0.517. The van der Waals surface area contributed by atoms with Gasteiger partial charge in [-0.1, -0.05) is 12.1 Å². The van der Waals surface area contributed by atoms with E-state index in [1.165, 1.54) is 6.08 Å². The van der Waals surface area contributed by atoms with E-state index >= 15 is 0 Å². The first-order chi connectivity index (χ1) is 12.2.